The zero-order valence-electron chi connectivity index (χ0n) is 13.0. The van der Waals surface area contributed by atoms with E-state index in [0.717, 1.165) is 37.7 Å². The van der Waals surface area contributed by atoms with E-state index in [2.05, 4.69) is 14.9 Å². The second-order valence-electron chi connectivity index (χ2n) is 5.82. The molecule has 1 aliphatic heterocycles. The number of aryl methyl sites for hydroxylation is 1. The summed E-state index contributed by atoms with van der Waals surface area (Å²) in [6, 6.07) is 9.13. The van der Waals surface area contributed by atoms with Gasteiger partial charge in [0, 0.05) is 37.9 Å². The van der Waals surface area contributed by atoms with Crippen LogP contribution in [0, 0.1) is 12.8 Å². The topological polar surface area (TPSA) is 58.5 Å². The number of rotatable bonds is 4. The fraction of sp³-hybridized carbons (Fsp3) is 0.412. The largest absolute Gasteiger partial charge is 0.507 e. The number of nitrogens with zero attached hydrogens (tertiary/aromatic N) is 3. The van der Waals surface area contributed by atoms with Crippen LogP contribution in [0.2, 0.25) is 0 Å². The molecule has 2 heterocycles. The molecule has 0 saturated carbocycles. The highest BCUT2D eigenvalue weighted by Gasteiger charge is 2.19. The predicted octanol–water partition coefficient (Wildman–Crippen LogP) is 2.63. The minimum Gasteiger partial charge on any atom is -0.507 e. The first-order valence-electron chi connectivity index (χ1n) is 7.56. The summed E-state index contributed by atoms with van der Waals surface area (Å²) in [5.41, 5.74) is 1.54. The summed E-state index contributed by atoms with van der Waals surface area (Å²) in [5, 5.41) is 10.0. The quantitative estimate of drug-likeness (QED) is 0.940. The third-order valence-corrected chi connectivity index (χ3v) is 3.93. The van der Waals surface area contributed by atoms with Crippen molar-refractivity contribution in [3.05, 3.63) is 36.0 Å². The van der Waals surface area contributed by atoms with Gasteiger partial charge < -0.3 is 14.7 Å². The molecule has 0 radical (unpaired) electrons. The highest BCUT2D eigenvalue weighted by Crippen LogP contribution is 2.27. The molecule has 0 amide bonds. The van der Waals surface area contributed by atoms with E-state index in [4.69, 9.17) is 4.74 Å². The van der Waals surface area contributed by atoms with Gasteiger partial charge in [-0.15, -0.1) is 0 Å². The average molecular weight is 299 g/mol. The Balaban J connectivity index is 1.87. The lowest BCUT2D eigenvalue weighted by Gasteiger charge is -2.22. The Bertz CT molecular complexity index is 654. The van der Waals surface area contributed by atoms with Crippen LogP contribution in [0.3, 0.4) is 0 Å². The number of aromatic hydroxyl groups is 1. The molecule has 0 spiro atoms. The van der Waals surface area contributed by atoms with Crippen molar-refractivity contribution in [2.24, 2.45) is 5.92 Å². The van der Waals surface area contributed by atoms with Crippen LogP contribution in [0.4, 0.5) is 5.82 Å². The maximum atomic E-state index is 10.0. The zero-order chi connectivity index (χ0) is 15.5. The van der Waals surface area contributed by atoms with E-state index < -0.39 is 0 Å². The van der Waals surface area contributed by atoms with Crippen LogP contribution in [0.25, 0.3) is 11.4 Å². The third-order valence-electron chi connectivity index (χ3n) is 3.93. The summed E-state index contributed by atoms with van der Waals surface area (Å²) < 4.78 is 5.43. The number of phenolic OH excluding ortho intramolecular Hbond substituents is 1. The van der Waals surface area contributed by atoms with Crippen molar-refractivity contribution in [2.45, 2.75) is 13.3 Å². The van der Waals surface area contributed by atoms with E-state index in [1.54, 1.807) is 12.1 Å². The number of phenols is 1. The SMILES string of the molecule is Cc1cc(N(C)CC2CCOC2)nc(-c2ccccc2O)n1. The summed E-state index contributed by atoms with van der Waals surface area (Å²) in [7, 11) is 2.04. The van der Waals surface area contributed by atoms with Gasteiger partial charge >= 0.3 is 0 Å². The molecule has 0 aliphatic carbocycles. The lowest BCUT2D eigenvalue weighted by Crippen LogP contribution is -2.26. The van der Waals surface area contributed by atoms with Gasteiger partial charge in [-0.05, 0) is 25.5 Å². The van der Waals surface area contributed by atoms with E-state index >= 15 is 0 Å². The third kappa shape index (κ3) is 3.20. The molecule has 1 N–H and O–H groups in total. The van der Waals surface area contributed by atoms with Crippen molar-refractivity contribution in [1.82, 2.24) is 9.97 Å². The zero-order valence-corrected chi connectivity index (χ0v) is 13.0. The summed E-state index contributed by atoms with van der Waals surface area (Å²) in [4.78, 5) is 11.2. The Labute approximate surface area is 130 Å². The lowest BCUT2D eigenvalue weighted by molar-refractivity contribution is 0.186. The Morgan fingerprint density at radius 1 is 1.32 bits per heavy atom. The summed E-state index contributed by atoms with van der Waals surface area (Å²) in [6.45, 7) is 4.53. The highest BCUT2D eigenvalue weighted by molar-refractivity contribution is 5.65. The van der Waals surface area contributed by atoms with Crippen molar-refractivity contribution in [1.29, 1.82) is 0 Å². The summed E-state index contributed by atoms with van der Waals surface area (Å²) >= 11 is 0. The molecule has 1 aliphatic rings. The highest BCUT2D eigenvalue weighted by atomic mass is 16.5. The van der Waals surface area contributed by atoms with Crippen LogP contribution in [-0.4, -0.2) is 41.9 Å². The maximum Gasteiger partial charge on any atom is 0.165 e. The Hall–Kier alpha value is -2.14. The van der Waals surface area contributed by atoms with E-state index in [1.807, 2.05) is 32.2 Å². The molecule has 1 saturated heterocycles. The fourth-order valence-electron chi connectivity index (χ4n) is 2.74. The average Bonchev–Trinajstić information content (AvgIpc) is 3.00. The molecule has 3 rings (SSSR count). The molecule has 116 valence electrons. The second-order valence-corrected chi connectivity index (χ2v) is 5.82. The molecule has 1 aromatic carbocycles. The number of anilines is 1. The number of para-hydroxylation sites is 1. The van der Waals surface area contributed by atoms with Crippen LogP contribution in [0.5, 0.6) is 5.75 Å². The first-order valence-corrected chi connectivity index (χ1v) is 7.56. The Morgan fingerprint density at radius 3 is 2.86 bits per heavy atom. The van der Waals surface area contributed by atoms with Gasteiger partial charge in [0.15, 0.2) is 5.82 Å². The van der Waals surface area contributed by atoms with Crippen LogP contribution >= 0.6 is 0 Å². The fourth-order valence-corrected chi connectivity index (χ4v) is 2.74. The monoisotopic (exact) mass is 299 g/mol. The van der Waals surface area contributed by atoms with Crippen molar-refractivity contribution in [2.75, 3.05) is 31.7 Å². The molecular weight excluding hydrogens is 278 g/mol. The molecule has 5 nitrogen and oxygen atoms in total. The molecular formula is C17H21N3O2. The van der Waals surface area contributed by atoms with E-state index in [-0.39, 0.29) is 5.75 Å². The molecule has 2 aromatic rings. The number of benzene rings is 1. The van der Waals surface area contributed by atoms with Gasteiger partial charge in [0.05, 0.1) is 12.2 Å². The van der Waals surface area contributed by atoms with Gasteiger partial charge in [0.1, 0.15) is 11.6 Å². The normalized spacial score (nSPS) is 17.6. The van der Waals surface area contributed by atoms with Gasteiger partial charge in [-0.25, -0.2) is 9.97 Å². The molecule has 1 unspecified atom stereocenters. The summed E-state index contributed by atoms with van der Waals surface area (Å²) in [5.74, 6) is 2.18. The van der Waals surface area contributed by atoms with E-state index in [9.17, 15) is 5.11 Å². The van der Waals surface area contributed by atoms with Gasteiger partial charge in [-0.2, -0.15) is 0 Å². The van der Waals surface area contributed by atoms with Crippen molar-refractivity contribution >= 4 is 5.82 Å². The Kier molecular flexibility index (Phi) is 4.24. The van der Waals surface area contributed by atoms with Crippen molar-refractivity contribution in [3.63, 3.8) is 0 Å². The van der Waals surface area contributed by atoms with Crippen molar-refractivity contribution < 1.29 is 9.84 Å². The predicted molar refractivity (Wildman–Crippen MR) is 86.1 cm³/mol. The first kappa shape index (κ1) is 14.8. The summed E-state index contributed by atoms with van der Waals surface area (Å²) in [6.07, 6.45) is 1.10. The van der Waals surface area contributed by atoms with E-state index in [0.29, 0.717) is 17.3 Å². The smallest absolute Gasteiger partial charge is 0.165 e. The minimum atomic E-state index is 0.200. The minimum absolute atomic E-state index is 0.200. The molecule has 1 fully saturated rings. The van der Waals surface area contributed by atoms with Crippen molar-refractivity contribution in [3.8, 4) is 17.1 Å². The molecule has 1 aromatic heterocycles. The van der Waals surface area contributed by atoms with Gasteiger partial charge in [0.2, 0.25) is 0 Å². The van der Waals surface area contributed by atoms with Gasteiger partial charge in [-0.1, -0.05) is 12.1 Å². The molecule has 0 bridgehead atoms. The van der Waals surface area contributed by atoms with Crippen LogP contribution in [0.15, 0.2) is 30.3 Å². The lowest BCUT2D eigenvalue weighted by atomic mass is 10.1. The number of aromatic nitrogens is 2. The maximum absolute atomic E-state index is 10.0. The van der Waals surface area contributed by atoms with Crippen LogP contribution in [-0.2, 0) is 4.74 Å². The molecule has 22 heavy (non-hydrogen) atoms. The number of hydrogen-bond donors (Lipinski definition) is 1. The Morgan fingerprint density at radius 2 is 2.14 bits per heavy atom. The van der Waals surface area contributed by atoms with Gasteiger partial charge in [0.25, 0.3) is 0 Å². The molecule has 5 heteroatoms. The van der Waals surface area contributed by atoms with Gasteiger partial charge in [-0.3, -0.25) is 0 Å². The van der Waals surface area contributed by atoms with Crippen LogP contribution < -0.4 is 4.90 Å². The molecule has 1 atom stereocenters. The first-order chi connectivity index (χ1) is 10.6. The van der Waals surface area contributed by atoms with E-state index in [1.165, 1.54) is 0 Å². The second kappa shape index (κ2) is 6.32. The number of hydrogen-bond acceptors (Lipinski definition) is 5. The number of ether oxygens (including phenoxy) is 1. The standard InChI is InChI=1S/C17H21N3O2/c1-12-9-16(20(2)10-13-7-8-22-11-13)19-17(18-12)14-5-3-4-6-15(14)21/h3-6,9,13,21H,7-8,10-11H2,1-2H3. The van der Waals surface area contributed by atoms with Crippen LogP contribution in [0.1, 0.15) is 12.1 Å².